The van der Waals surface area contributed by atoms with Crippen LogP contribution in [0.4, 0.5) is 0 Å². The first-order chi connectivity index (χ1) is 15.6. The van der Waals surface area contributed by atoms with Crippen molar-refractivity contribution in [2.75, 3.05) is 13.1 Å². The van der Waals surface area contributed by atoms with Crippen LogP contribution >= 0.6 is 0 Å². The summed E-state index contributed by atoms with van der Waals surface area (Å²) >= 11 is 0. The fraction of sp³-hybridized carbons (Fsp3) is 0.360. The van der Waals surface area contributed by atoms with Gasteiger partial charge in [0.15, 0.2) is 0 Å². The highest BCUT2D eigenvalue weighted by Gasteiger charge is 2.36. The number of hydrogen-bond donors (Lipinski definition) is 1. The number of hydrogen-bond acceptors (Lipinski definition) is 5. The van der Waals surface area contributed by atoms with Crippen molar-refractivity contribution in [3.8, 4) is 5.75 Å². The number of likely N-dealkylation sites (tertiary alicyclic amines) is 1. The Morgan fingerprint density at radius 1 is 1.06 bits per heavy atom. The monoisotopic (exact) mass is 436 g/mol. The van der Waals surface area contributed by atoms with Gasteiger partial charge in [-0.05, 0) is 42.2 Å². The Kier molecular flexibility index (Phi) is 7.07. The van der Waals surface area contributed by atoms with Gasteiger partial charge in [-0.15, -0.1) is 5.06 Å². The van der Waals surface area contributed by atoms with Gasteiger partial charge in [-0.2, -0.15) is 0 Å². The van der Waals surface area contributed by atoms with Crippen LogP contribution in [0.5, 0.6) is 5.75 Å². The zero-order valence-electron chi connectivity index (χ0n) is 18.0. The quantitative estimate of drug-likeness (QED) is 0.645. The summed E-state index contributed by atoms with van der Waals surface area (Å²) in [4.78, 5) is 31.5. The first-order valence-electron chi connectivity index (χ1n) is 11.0. The molecule has 7 heteroatoms. The van der Waals surface area contributed by atoms with Crippen LogP contribution in [0.25, 0.3) is 0 Å². The summed E-state index contributed by atoms with van der Waals surface area (Å²) in [5, 5.41) is 10.6. The molecule has 4 rings (SSSR count). The van der Waals surface area contributed by atoms with E-state index in [1.165, 1.54) is 0 Å². The van der Waals surface area contributed by atoms with Crippen molar-refractivity contribution >= 4 is 11.9 Å². The molecule has 2 aromatic rings. The van der Waals surface area contributed by atoms with Crippen LogP contribution in [-0.4, -0.2) is 46.2 Å². The third-order valence-corrected chi connectivity index (χ3v) is 5.72. The van der Waals surface area contributed by atoms with Crippen LogP contribution < -0.4 is 4.74 Å². The number of ether oxygens (including phenoxy) is 1. The second kappa shape index (κ2) is 10.3. The second-order valence-electron chi connectivity index (χ2n) is 8.06. The predicted molar refractivity (Wildman–Crippen MR) is 118 cm³/mol. The van der Waals surface area contributed by atoms with Gasteiger partial charge in [-0.25, -0.2) is 0 Å². The number of rotatable bonds is 9. The van der Waals surface area contributed by atoms with Crippen LogP contribution in [0.2, 0.25) is 0 Å². The molecule has 0 radical (unpaired) electrons. The van der Waals surface area contributed by atoms with E-state index in [1.54, 1.807) is 5.06 Å². The average Bonchev–Trinajstić information content (AvgIpc) is 3.47. The second-order valence-corrected chi connectivity index (χ2v) is 8.06. The molecule has 32 heavy (non-hydrogen) atoms. The highest BCUT2D eigenvalue weighted by Crippen LogP contribution is 2.27. The molecule has 7 nitrogen and oxygen atoms in total. The maximum atomic E-state index is 13.0. The van der Waals surface area contributed by atoms with Crippen molar-refractivity contribution < 1.29 is 24.3 Å². The minimum Gasteiger partial charge on any atom is -0.489 e. The third kappa shape index (κ3) is 5.68. The molecule has 0 bridgehead atoms. The number of amides is 1. The topological polar surface area (TPSA) is 79.3 Å². The van der Waals surface area contributed by atoms with Crippen molar-refractivity contribution in [3.63, 3.8) is 0 Å². The number of aliphatic carboxylic acids is 1. The Morgan fingerprint density at radius 2 is 1.84 bits per heavy atom. The Bertz CT molecular complexity index is 958. The van der Waals surface area contributed by atoms with Crippen molar-refractivity contribution in [1.82, 2.24) is 9.96 Å². The van der Waals surface area contributed by atoms with E-state index >= 15 is 0 Å². The lowest BCUT2D eigenvalue weighted by atomic mass is 10.1. The van der Waals surface area contributed by atoms with Gasteiger partial charge in [0.25, 0.3) is 0 Å². The fourth-order valence-corrected chi connectivity index (χ4v) is 4.04. The van der Waals surface area contributed by atoms with E-state index in [2.05, 4.69) is 0 Å². The summed E-state index contributed by atoms with van der Waals surface area (Å²) in [6, 6.07) is 17.7. The summed E-state index contributed by atoms with van der Waals surface area (Å²) in [6.45, 7) is 1.77. The third-order valence-electron chi connectivity index (χ3n) is 5.72. The van der Waals surface area contributed by atoms with Gasteiger partial charge in [0, 0.05) is 13.0 Å². The predicted octanol–water partition coefficient (Wildman–Crippen LogP) is 3.75. The number of benzene rings is 2. The molecule has 2 aliphatic rings. The van der Waals surface area contributed by atoms with E-state index in [1.807, 2.05) is 65.6 Å². The number of allylic oxidation sites excluding steroid dienone is 1. The van der Waals surface area contributed by atoms with Crippen LogP contribution in [0.15, 0.2) is 66.4 Å². The molecule has 1 saturated heterocycles. The Hall–Kier alpha value is -3.32. The fourth-order valence-electron chi connectivity index (χ4n) is 4.04. The van der Waals surface area contributed by atoms with Crippen LogP contribution in [0.3, 0.4) is 0 Å². The van der Waals surface area contributed by atoms with Gasteiger partial charge >= 0.3 is 5.97 Å². The van der Waals surface area contributed by atoms with Crippen molar-refractivity contribution in [3.05, 3.63) is 77.6 Å². The van der Waals surface area contributed by atoms with Gasteiger partial charge in [0.1, 0.15) is 24.3 Å². The first kappa shape index (κ1) is 21.9. The maximum Gasteiger partial charge on any atom is 0.303 e. The molecule has 0 spiro atoms. The molecule has 0 aromatic heterocycles. The largest absolute Gasteiger partial charge is 0.489 e. The van der Waals surface area contributed by atoms with Gasteiger partial charge < -0.3 is 19.6 Å². The van der Waals surface area contributed by atoms with Crippen molar-refractivity contribution in [2.24, 2.45) is 0 Å². The molecule has 1 fully saturated rings. The number of carboxylic acids is 1. The molecule has 2 heterocycles. The minimum atomic E-state index is -0.845. The SMILES string of the molecule is O=C(O)CCC1=CCN(C2CCCN2C(=O)Cc2ccc(OCc3ccccc3)cc2)O1. The maximum absolute atomic E-state index is 13.0. The lowest BCUT2D eigenvalue weighted by molar-refractivity contribution is -0.172. The van der Waals surface area contributed by atoms with Gasteiger partial charge in [0.2, 0.25) is 5.91 Å². The standard InChI is InChI=1S/C25H28N2O5/c28-24(17-19-8-10-21(11-9-19)31-18-20-5-2-1-3-6-20)26-15-4-7-23(26)27-16-14-22(32-27)12-13-25(29)30/h1-3,5-6,8-11,14,23H,4,7,12-13,15-18H2,(H,29,30). The molecular formula is C25H28N2O5. The summed E-state index contributed by atoms with van der Waals surface area (Å²) in [5.74, 6) is 0.655. The molecule has 2 aliphatic heterocycles. The summed E-state index contributed by atoms with van der Waals surface area (Å²) in [6.07, 6.45) is 4.28. The van der Waals surface area contributed by atoms with E-state index in [9.17, 15) is 9.59 Å². The Balaban J connectivity index is 1.28. The molecule has 1 amide bonds. The first-order valence-corrected chi connectivity index (χ1v) is 11.0. The number of hydroxylamine groups is 2. The van der Waals surface area contributed by atoms with E-state index in [-0.39, 0.29) is 18.5 Å². The highest BCUT2D eigenvalue weighted by molar-refractivity contribution is 5.79. The van der Waals surface area contributed by atoms with Crippen LogP contribution in [0.1, 0.15) is 36.8 Å². The van der Waals surface area contributed by atoms with Gasteiger partial charge in [0.05, 0.1) is 19.4 Å². The molecule has 1 atom stereocenters. The smallest absolute Gasteiger partial charge is 0.303 e. The molecule has 0 saturated carbocycles. The highest BCUT2D eigenvalue weighted by atomic mass is 16.7. The molecule has 0 aliphatic carbocycles. The van der Waals surface area contributed by atoms with Crippen LogP contribution in [-0.2, 0) is 27.5 Å². The number of nitrogens with zero attached hydrogens (tertiary/aromatic N) is 2. The van der Waals surface area contributed by atoms with E-state index < -0.39 is 5.97 Å². The molecule has 1 unspecified atom stereocenters. The molecular weight excluding hydrogens is 408 g/mol. The normalized spacial score (nSPS) is 18.3. The molecule has 2 aromatic carbocycles. The Labute approximate surface area is 187 Å². The summed E-state index contributed by atoms with van der Waals surface area (Å²) in [5.41, 5.74) is 2.05. The van der Waals surface area contributed by atoms with Gasteiger partial charge in [-0.3, -0.25) is 9.59 Å². The lowest BCUT2D eigenvalue weighted by Crippen LogP contribution is -2.46. The average molecular weight is 437 g/mol. The minimum absolute atomic E-state index is 0.0397. The number of carboxylic acid groups (broad SMARTS) is 1. The zero-order chi connectivity index (χ0) is 22.3. The lowest BCUT2D eigenvalue weighted by Gasteiger charge is -2.31. The van der Waals surface area contributed by atoms with E-state index in [4.69, 9.17) is 14.7 Å². The van der Waals surface area contributed by atoms with E-state index in [0.29, 0.717) is 38.3 Å². The molecule has 168 valence electrons. The number of carbonyl (C=O) groups excluding carboxylic acids is 1. The van der Waals surface area contributed by atoms with Crippen LogP contribution in [0, 0.1) is 0 Å². The van der Waals surface area contributed by atoms with Gasteiger partial charge in [-0.1, -0.05) is 42.5 Å². The van der Waals surface area contributed by atoms with E-state index in [0.717, 1.165) is 29.7 Å². The summed E-state index contributed by atoms with van der Waals surface area (Å²) < 4.78 is 5.82. The summed E-state index contributed by atoms with van der Waals surface area (Å²) in [7, 11) is 0. The zero-order valence-corrected chi connectivity index (χ0v) is 18.0. The van der Waals surface area contributed by atoms with Crippen molar-refractivity contribution in [2.45, 2.75) is 44.9 Å². The number of carbonyl (C=O) groups is 2. The Morgan fingerprint density at radius 3 is 2.59 bits per heavy atom. The van der Waals surface area contributed by atoms with Crippen molar-refractivity contribution in [1.29, 1.82) is 0 Å². The molecule has 1 N–H and O–H groups in total.